The van der Waals surface area contributed by atoms with Crippen molar-refractivity contribution in [2.45, 2.75) is 39.3 Å². The average molecular weight is 357 g/mol. The van der Waals surface area contributed by atoms with E-state index in [0.29, 0.717) is 12.5 Å². The highest BCUT2D eigenvalue weighted by molar-refractivity contribution is 5.36. The summed E-state index contributed by atoms with van der Waals surface area (Å²) in [6.07, 6.45) is 3.62. The van der Waals surface area contributed by atoms with Gasteiger partial charge in [0, 0.05) is 57.4 Å². The highest BCUT2D eigenvalue weighted by atomic mass is 16.3. The van der Waals surface area contributed by atoms with Crippen LogP contribution in [0.2, 0.25) is 0 Å². The number of hydrogen-bond acceptors (Lipinski definition) is 4. The Morgan fingerprint density at radius 1 is 1.15 bits per heavy atom. The van der Waals surface area contributed by atoms with Crippen molar-refractivity contribution >= 4 is 0 Å². The summed E-state index contributed by atoms with van der Waals surface area (Å²) < 4.78 is 0. The molecule has 1 aliphatic rings. The summed E-state index contributed by atoms with van der Waals surface area (Å²) in [5, 5.41) is 18.2. The Balaban J connectivity index is 1.92. The zero-order valence-electron chi connectivity index (χ0n) is 16.1. The first-order valence-corrected chi connectivity index (χ1v) is 9.51. The number of allylic oxidation sites excluding steroid dienone is 1. The van der Waals surface area contributed by atoms with E-state index in [1.807, 2.05) is 0 Å². The van der Waals surface area contributed by atoms with Crippen LogP contribution in [0.4, 0.5) is 0 Å². The third kappa shape index (κ3) is 6.93. The Morgan fingerprint density at radius 2 is 1.92 bits per heavy atom. The molecule has 0 spiro atoms. The molecule has 2 rings (SSSR count). The molecule has 142 valence electrons. The minimum Gasteiger partial charge on any atom is -0.396 e. The summed E-state index contributed by atoms with van der Waals surface area (Å²) in [6, 6.07) is 8.79. The lowest BCUT2D eigenvalue weighted by Crippen LogP contribution is -2.53. The molecule has 2 N–H and O–H groups in total. The number of nitrogens with zero attached hydrogens (tertiary/aromatic N) is 2. The largest absolute Gasteiger partial charge is 0.396 e. The summed E-state index contributed by atoms with van der Waals surface area (Å²) in [6.45, 7) is 9.62. The summed E-state index contributed by atoms with van der Waals surface area (Å²) in [5.74, 6) is 6.02. The maximum absolute atomic E-state index is 9.42. The highest BCUT2D eigenvalue weighted by Gasteiger charge is 2.25. The van der Waals surface area contributed by atoms with Gasteiger partial charge in [-0.2, -0.15) is 0 Å². The van der Waals surface area contributed by atoms with Gasteiger partial charge in [0.1, 0.15) is 0 Å². The third-order valence-corrected chi connectivity index (χ3v) is 4.71. The Hall–Kier alpha value is -1.64. The van der Waals surface area contributed by atoms with Crippen molar-refractivity contribution in [3.8, 4) is 11.8 Å². The SMILES string of the molecule is CC(C)=CCN1CCN(Cc2ccc(C#CCCO)cc2)C[C@@H]1CCO. The van der Waals surface area contributed by atoms with Crippen molar-refractivity contribution < 1.29 is 10.2 Å². The molecule has 1 saturated heterocycles. The van der Waals surface area contributed by atoms with Gasteiger partial charge in [0.2, 0.25) is 0 Å². The van der Waals surface area contributed by atoms with E-state index in [1.165, 1.54) is 11.1 Å². The van der Waals surface area contributed by atoms with E-state index >= 15 is 0 Å². The van der Waals surface area contributed by atoms with Crippen LogP contribution in [0.5, 0.6) is 0 Å². The van der Waals surface area contributed by atoms with E-state index in [9.17, 15) is 5.11 Å². The highest BCUT2D eigenvalue weighted by Crippen LogP contribution is 2.16. The lowest BCUT2D eigenvalue weighted by atomic mass is 10.1. The third-order valence-electron chi connectivity index (χ3n) is 4.71. The molecule has 4 heteroatoms. The summed E-state index contributed by atoms with van der Waals surface area (Å²) in [7, 11) is 0. The number of hydrogen-bond donors (Lipinski definition) is 2. The van der Waals surface area contributed by atoms with Crippen LogP contribution >= 0.6 is 0 Å². The molecule has 1 aromatic rings. The van der Waals surface area contributed by atoms with E-state index in [4.69, 9.17) is 5.11 Å². The topological polar surface area (TPSA) is 46.9 Å². The van der Waals surface area contributed by atoms with Crippen LogP contribution in [-0.2, 0) is 6.54 Å². The number of aliphatic hydroxyl groups excluding tert-OH is 2. The van der Waals surface area contributed by atoms with Gasteiger partial charge in [-0.05, 0) is 38.0 Å². The molecule has 1 aliphatic heterocycles. The quantitative estimate of drug-likeness (QED) is 0.581. The van der Waals surface area contributed by atoms with Gasteiger partial charge in [-0.25, -0.2) is 0 Å². The maximum Gasteiger partial charge on any atom is 0.0540 e. The fraction of sp³-hybridized carbons (Fsp3) is 0.545. The standard InChI is InChI=1S/C22H32N2O2/c1-19(2)10-12-24-14-13-23(18-22(24)11-16-26)17-21-8-6-20(7-9-21)5-3-4-15-25/h6-10,22,25-26H,4,11-18H2,1-2H3/t22-/m0/s1. The normalized spacial score (nSPS) is 18.2. The van der Waals surface area contributed by atoms with Crippen LogP contribution in [0.1, 0.15) is 37.8 Å². The smallest absolute Gasteiger partial charge is 0.0540 e. The van der Waals surface area contributed by atoms with E-state index in [1.54, 1.807) is 0 Å². The van der Waals surface area contributed by atoms with Gasteiger partial charge in [-0.1, -0.05) is 35.6 Å². The molecule has 1 atom stereocenters. The second-order valence-electron chi connectivity index (χ2n) is 7.15. The van der Waals surface area contributed by atoms with Gasteiger partial charge in [-0.3, -0.25) is 9.80 Å². The van der Waals surface area contributed by atoms with Crippen LogP contribution in [0.25, 0.3) is 0 Å². The molecule has 0 unspecified atom stereocenters. The minimum absolute atomic E-state index is 0.111. The van der Waals surface area contributed by atoms with Gasteiger partial charge in [0.05, 0.1) is 6.61 Å². The Labute approximate surface area is 158 Å². The molecule has 0 saturated carbocycles. The first-order valence-electron chi connectivity index (χ1n) is 9.51. The number of aliphatic hydroxyl groups is 2. The van der Waals surface area contributed by atoms with E-state index in [0.717, 1.165) is 44.7 Å². The summed E-state index contributed by atoms with van der Waals surface area (Å²) in [4.78, 5) is 4.96. The molecule has 0 bridgehead atoms. The van der Waals surface area contributed by atoms with E-state index in [-0.39, 0.29) is 13.2 Å². The molecular weight excluding hydrogens is 324 g/mol. The Kier molecular flexibility index (Phi) is 8.87. The second-order valence-corrected chi connectivity index (χ2v) is 7.15. The zero-order valence-corrected chi connectivity index (χ0v) is 16.1. The molecule has 0 aromatic heterocycles. The van der Waals surface area contributed by atoms with Crippen molar-refractivity contribution in [3.05, 3.63) is 47.0 Å². The predicted molar refractivity (Wildman–Crippen MR) is 107 cm³/mol. The minimum atomic E-state index is 0.111. The first-order chi connectivity index (χ1) is 12.6. The van der Waals surface area contributed by atoms with Gasteiger partial charge in [0.25, 0.3) is 0 Å². The molecular formula is C22H32N2O2. The zero-order chi connectivity index (χ0) is 18.8. The van der Waals surface area contributed by atoms with Crippen LogP contribution in [0.15, 0.2) is 35.9 Å². The van der Waals surface area contributed by atoms with Gasteiger partial charge in [0.15, 0.2) is 0 Å². The van der Waals surface area contributed by atoms with Crippen LogP contribution in [0.3, 0.4) is 0 Å². The van der Waals surface area contributed by atoms with E-state index in [2.05, 4.69) is 65.8 Å². The summed E-state index contributed by atoms with van der Waals surface area (Å²) >= 11 is 0. The number of rotatable bonds is 7. The maximum atomic E-state index is 9.42. The van der Waals surface area contributed by atoms with E-state index < -0.39 is 0 Å². The molecule has 4 nitrogen and oxygen atoms in total. The number of piperazine rings is 1. The van der Waals surface area contributed by atoms with Crippen molar-refractivity contribution in [2.75, 3.05) is 39.4 Å². The monoisotopic (exact) mass is 356 g/mol. The molecule has 0 aliphatic carbocycles. The first kappa shape index (κ1) is 20.7. The van der Waals surface area contributed by atoms with Crippen LogP contribution in [-0.4, -0.2) is 65.4 Å². The van der Waals surface area contributed by atoms with Gasteiger partial charge < -0.3 is 10.2 Å². The lowest BCUT2D eigenvalue weighted by Gasteiger charge is -2.41. The second kappa shape index (κ2) is 11.2. The van der Waals surface area contributed by atoms with Crippen molar-refractivity contribution in [1.29, 1.82) is 0 Å². The van der Waals surface area contributed by atoms with Gasteiger partial charge in [-0.15, -0.1) is 0 Å². The molecule has 1 fully saturated rings. The molecule has 0 radical (unpaired) electrons. The van der Waals surface area contributed by atoms with Crippen LogP contribution in [0, 0.1) is 11.8 Å². The fourth-order valence-electron chi connectivity index (χ4n) is 3.24. The lowest BCUT2D eigenvalue weighted by molar-refractivity contribution is 0.0637. The Bertz CT molecular complexity index is 624. The molecule has 26 heavy (non-hydrogen) atoms. The average Bonchev–Trinajstić information content (AvgIpc) is 2.63. The fourth-order valence-corrected chi connectivity index (χ4v) is 3.24. The molecule has 1 heterocycles. The summed E-state index contributed by atoms with van der Waals surface area (Å²) in [5.41, 5.74) is 3.63. The van der Waals surface area contributed by atoms with Gasteiger partial charge >= 0.3 is 0 Å². The van der Waals surface area contributed by atoms with Crippen molar-refractivity contribution in [3.63, 3.8) is 0 Å². The Morgan fingerprint density at radius 3 is 2.58 bits per heavy atom. The molecule has 0 amide bonds. The van der Waals surface area contributed by atoms with Crippen LogP contribution < -0.4 is 0 Å². The predicted octanol–water partition coefficient (Wildman–Crippen LogP) is 2.26. The van der Waals surface area contributed by atoms with Crippen molar-refractivity contribution in [1.82, 2.24) is 9.80 Å². The number of benzene rings is 1. The molecule has 1 aromatic carbocycles. The van der Waals surface area contributed by atoms with Crippen molar-refractivity contribution in [2.24, 2.45) is 0 Å².